The van der Waals surface area contributed by atoms with Crippen LogP contribution in [0.4, 0.5) is 0 Å². The third-order valence-corrected chi connectivity index (χ3v) is 1.79. The van der Waals surface area contributed by atoms with Gasteiger partial charge in [-0.3, -0.25) is 0 Å². The normalized spacial score (nSPS) is 9.50. The Morgan fingerprint density at radius 1 is 1.64 bits per heavy atom. The van der Waals surface area contributed by atoms with Gasteiger partial charge in [0.25, 0.3) is 0 Å². The molecule has 0 saturated carbocycles. The topological polar surface area (TPSA) is 46.5 Å². The minimum atomic E-state index is -0.979. The Labute approximate surface area is 82.6 Å². The van der Waals surface area contributed by atoms with Crippen LogP contribution >= 0.6 is 0 Å². The van der Waals surface area contributed by atoms with E-state index in [0.29, 0.717) is 12.4 Å². The summed E-state index contributed by atoms with van der Waals surface area (Å²) in [4.78, 5) is 10.8. The van der Waals surface area contributed by atoms with Crippen LogP contribution in [-0.2, 0) is 0 Å². The van der Waals surface area contributed by atoms with Gasteiger partial charge in [-0.2, -0.15) is 0 Å². The van der Waals surface area contributed by atoms with Gasteiger partial charge in [0.05, 0.1) is 0 Å². The van der Waals surface area contributed by atoms with Crippen molar-refractivity contribution in [3.05, 3.63) is 42.0 Å². The van der Waals surface area contributed by atoms with Crippen molar-refractivity contribution in [1.29, 1.82) is 0 Å². The highest BCUT2D eigenvalue weighted by atomic mass is 16.5. The molecular weight excluding hydrogens is 180 g/mol. The van der Waals surface area contributed by atoms with E-state index in [4.69, 9.17) is 9.84 Å². The molecule has 0 bridgehead atoms. The highest BCUT2D eigenvalue weighted by Gasteiger charge is 2.12. The van der Waals surface area contributed by atoms with E-state index in [2.05, 4.69) is 6.58 Å². The van der Waals surface area contributed by atoms with Crippen molar-refractivity contribution in [2.75, 3.05) is 6.61 Å². The van der Waals surface area contributed by atoms with E-state index < -0.39 is 5.97 Å². The molecule has 1 aromatic carbocycles. The van der Waals surface area contributed by atoms with Crippen LogP contribution in [0.1, 0.15) is 15.9 Å². The average Bonchev–Trinajstić information content (AvgIpc) is 2.15. The number of hydrogen-bond donors (Lipinski definition) is 1. The molecule has 0 fully saturated rings. The molecule has 14 heavy (non-hydrogen) atoms. The summed E-state index contributed by atoms with van der Waals surface area (Å²) < 4.78 is 5.28. The van der Waals surface area contributed by atoms with Crippen LogP contribution in [0.25, 0.3) is 0 Å². The van der Waals surface area contributed by atoms with Crippen molar-refractivity contribution in [3.63, 3.8) is 0 Å². The molecule has 0 aliphatic heterocycles. The molecule has 0 radical (unpaired) electrons. The molecule has 1 aromatic rings. The lowest BCUT2D eigenvalue weighted by atomic mass is 10.1. The van der Waals surface area contributed by atoms with Gasteiger partial charge in [0.1, 0.15) is 17.9 Å². The van der Waals surface area contributed by atoms with E-state index in [-0.39, 0.29) is 5.56 Å². The van der Waals surface area contributed by atoms with Crippen LogP contribution in [-0.4, -0.2) is 17.7 Å². The van der Waals surface area contributed by atoms with Crippen LogP contribution in [0.2, 0.25) is 0 Å². The second-order valence-electron chi connectivity index (χ2n) is 2.86. The third kappa shape index (κ3) is 2.13. The molecule has 0 saturated heterocycles. The second kappa shape index (κ2) is 4.46. The van der Waals surface area contributed by atoms with Gasteiger partial charge in [-0.25, -0.2) is 4.79 Å². The number of hydrogen-bond acceptors (Lipinski definition) is 2. The summed E-state index contributed by atoms with van der Waals surface area (Å²) in [6.07, 6.45) is 1.58. The fraction of sp³-hybridized carbons (Fsp3) is 0.182. The minimum absolute atomic E-state index is 0.187. The predicted octanol–water partition coefficient (Wildman–Crippen LogP) is 2.26. The molecule has 3 nitrogen and oxygen atoms in total. The van der Waals surface area contributed by atoms with Crippen LogP contribution in [0.15, 0.2) is 30.9 Å². The molecule has 0 atom stereocenters. The summed E-state index contributed by atoms with van der Waals surface area (Å²) in [5, 5.41) is 8.88. The Kier molecular flexibility index (Phi) is 3.29. The van der Waals surface area contributed by atoms with E-state index in [0.717, 1.165) is 5.56 Å². The molecule has 3 heteroatoms. The number of aryl methyl sites for hydroxylation is 1. The smallest absolute Gasteiger partial charge is 0.339 e. The van der Waals surface area contributed by atoms with Crippen molar-refractivity contribution in [2.45, 2.75) is 6.92 Å². The lowest BCUT2D eigenvalue weighted by Crippen LogP contribution is -2.04. The largest absolute Gasteiger partial charge is 0.488 e. The first-order valence-corrected chi connectivity index (χ1v) is 4.23. The van der Waals surface area contributed by atoms with Gasteiger partial charge in [0.15, 0.2) is 0 Å². The number of carboxylic acids is 1. The number of rotatable bonds is 4. The zero-order valence-corrected chi connectivity index (χ0v) is 7.99. The molecular formula is C11H12O3. The highest BCUT2D eigenvalue weighted by molar-refractivity contribution is 5.91. The van der Waals surface area contributed by atoms with E-state index in [1.807, 2.05) is 13.0 Å². The Bertz CT molecular complexity index is 356. The molecule has 74 valence electrons. The first kappa shape index (κ1) is 10.3. The number of benzene rings is 1. The van der Waals surface area contributed by atoms with E-state index in [9.17, 15) is 4.79 Å². The van der Waals surface area contributed by atoms with Crippen molar-refractivity contribution in [3.8, 4) is 5.75 Å². The average molecular weight is 192 g/mol. The van der Waals surface area contributed by atoms with Gasteiger partial charge in [-0.05, 0) is 18.6 Å². The molecule has 0 unspecified atom stereocenters. The Morgan fingerprint density at radius 3 is 2.93 bits per heavy atom. The van der Waals surface area contributed by atoms with Gasteiger partial charge in [0.2, 0.25) is 0 Å². The van der Waals surface area contributed by atoms with Crippen LogP contribution in [0.5, 0.6) is 5.75 Å². The standard InChI is InChI=1S/C11H12O3/c1-3-7-14-10-8(2)5-4-6-9(10)11(12)13/h3-6H,1,7H2,2H3,(H,12,13). The molecule has 0 amide bonds. The van der Waals surface area contributed by atoms with Gasteiger partial charge >= 0.3 is 5.97 Å². The lowest BCUT2D eigenvalue weighted by Gasteiger charge is -2.09. The summed E-state index contributed by atoms with van der Waals surface area (Å²) in [6.45, 7) is 5.63. The maximum absolute atomic E-state index is 10.8. The molecule has 1 N–H and O–H groups in total. The fourth-order valence-electron chi connectivity index (χ4n) is 1.15. The summed E-state index contributed by atoms with van der Waals surface area (Å²) in [5.41, 5.74) is 0.999. The predicted molar refractivity (Wildman–Crippen MR) is 53.8 cm³/mol. The van der Waals surface area contributed by atoms with Gasteiger partial charge in [0, 0.05) is 0 Å². The quantitative estimate of drug-likeness (QED) is 0.744. The fourth-order valence-corrected chi connectivity index (χ4v) is 1.15. The second-order valence-corrected chi connectivity index (χ2v) is 2.86. The Balaban J connectivity index is 3.08. The van der Waals surface area contributed by atoms with Crippen LogP contribution in [0, 0.1) is 6.92 Å². The summed E-state index contributed by atoms with van der Waals surface area (Å²) in [6, 6.07) is 5.03. The molecule has 1 rings (SSSR count). The van der Waals surface area contributed by atoms with Gasteiger partial charge < -0.3 is 9.84 Å². The van der Waals surface area contributed by atoms with Crippen molar-refractivity contribution < 1.29 is 14.6 Å². The monoisotopic (exact) mass is 192 g/mol. The Hall–Kier alpha value is -1.77. The van der Waals surface area contributed by atoms with Crippen molar-refractivity contribution >= 4 is 5.97 Å². The highest BCUT2D eigenvalue weighted by Crippen LogP contribution is 2.23. The minimum Gasteiger partial charge on any atom is -0.488 e. The van der Waals surface area contributed by atoms with E-state index in [1.54, 1.807) is 12.1 Å². The molecule has 0 heterocycles. The molecule has 0 aromatic heterocycles. The summed E-state index contributed by atoms with van der Waals surface area (Å²) in [5.74, 6) is -0.562. The SMILES string of the molecule is C=CCOc1c(C)cccc1C(=O)O. The number of carboxylic acid groups (broad SMARTS) is 1. The first-order chi connectivity index (χ1) is 6.66. The maximum atomic E-state index is 10.8. The van der Waals surface area contributed by atoms with E-state index >= 15 is 0 Å². The number of carbonyl (C=O) groups is 1. The van der Waals surface area contributed by atoms with Gasteiger partial charge in [-0.1, -0.05) is 24.8 Å². The zero-order valence-electron chi connectivity index (χ0n) is 7.99. The first-order valence-electron chi connectivity index (χ1n) is 4.23. The number of ether oxygens (including phenoxy) is 1. The lowest BCUT2D eigenvalue weighted by molar-refractivity contribution is 0.0692. The molecule has 0 aliphatic rings. The maximum Gasteiger partial charge on any atom is 0.339 e. The molecule has 0 spiro atoms. The van der Waals surface area contributed by atoms with Crippen molar-refractivity contribution in [2.24, 2.45) is 0 Å². The summed E-state index contributed by atoms with van der Waals surface area (Å²) >= 11 is 0. The van der Waals surface area contributed by atoms with Crippen LogP contribution in [0.3, 0.4) is 0 Å². The number of para-hydroxylation sites is 1. The molecule has 0 aliphatic carbocycles. The summed E-state index contributed by atoms with van der Waals surface area (Å²) in [7, 11) is 0. The number of aromatic carboxylic acids is 1. The van der Waals surface area contributed by atoms with Crippen LogP contribution < -0.4 is 4.74 Å². The zero-order chi connectivity index (χ0) is 10.6. The van der Waals surface area contributed by atoms with Crippen molar-refractivity contribution in [1.82, 2.24) is 0 Å². The third-order valence-electron chi connectivity index (χ3n) is 1.79. The van der Waals surface area contributed by atoms with E-state index in [1.165, 1.54) is 6.07 Å². The Morgan fingerprint density at radius 2 is 2.36 bits per heavy atom. The van der Waals surface area contributed by atoms with Gasteiger partial charge in [-0.15, -0.1) is 0 Å².